The lowest BCUT2D eigenvalue weighted by molar-refractivity contribution is -0.116. The number of rotatable bonds is 3. The first-order valence-corrected chi connectivity index (χ1v) is 3.01. The van der Waals surface area contributed by atoms with Gasteiger partial charge >= 0.3 is 0 Å². The molecule has 1 N–H and O–H groups in total. The van der Waals surface area contributed by atoms with Gasteiger partial charge in [0.1, 0.15) is 5.76 Å². The Hall–Kier alpha value is -1.12. The van der Waals surface area contributed by atoms with Crippen LogP contribution in [-0.4, -0.2) is 17.2 Å². The van der Waals surface area contributed by atoms with Crippen LogP contribution in [0.25, 0.3) is 0 Å². The van der Waals surface area contributed by atoms with E-state index in [4.69, 9.17) is 5.11 Å². The van der Waals surface area contributed by atoms with E-state index in [-0.39, 0.29) is 11.3 Å². The number of aliphatic hydroxyl groups excluding tert-OH is 1. The van der Waals surface area contributed by atoms with Crippen LogP contribution in [0.2, 0.25) is 0 Å². The Morgan fingerprint density at radius 3 is 2.20 bits per heavy atom. The fourth-order valence-electron chi connectivity index (χ4n) is 0.545. The lowest BCUT2D eigenvalue weighted by Crippen LogP contribution is -2.02. The summed E-state index contributed by atoms with van der Waals surface area (Å²) >= 11 is 0. The molecule has 0 amide bonds. The summed E-state index contributed by atoms with van der Waals surface area (Å²) in [6.45, 7) is 2.91. The second kappa shape index (κ2) is 3.82. The number of carbonyl (C=O) groups is 2. The van der Waals surface area contributed by atoms with Crippen molar-refractivity contribution in [1.29, 1.82) is 0 Å². The highest BCUT2D eigenvalue weighted by Crippen LogP contribution is 2.02. The van der Waals surface area contributed by atoms with Crippen molar-refractivity contribution in [2.24, 2.45) is 0 Å². The lowest BCUT2D eigenvalue weighted by Gasteiger charge is -1.96. The number of aliphatic hydroxyl groups is 1. The van der Waals surface area contributed by atoms with Gasteiger partial charge in [0, 0.05) is 6.42 Å². The summed E-state index contributed by atoms with van der Waals surface area (Å²) in [6.07, 6.45) is 0.689. The Labute approximate surface area is 59.4 Å². The van der Waals surface area contributed by atoms with Crippen LogP contribution < -0.4 is 0 Å². The highest BCUT2D eigenvalue weighted by atomic mass is 16.3. The SMILES string of the molecule is CC/C(O)=C(\C=O)C(C)=O. The van der Waals surface area contributed by atoms with Crippen molar-refractivity contribution in [3.8, 4) is 0 Å². The van der Waals surface area contributed by atoms with E-state index in [1.165, 1.54) is 6.92 Å². The van der Waals surface area contributed by atoms with Crippen LogP contribution in [0, 0.1) is 0 Å². The van der Waals surface area contributed by atoms with E-state index in [2.05, 4.69) is 0 Å². The standard InChI is InChI=1S/C7H10O3/c1-3-7(10)6(4-8)5(2)9/h4,10H,3H2,1-2H3/b7-6-. The molecular weight excluding hydrogens is 132 g/mol. The Kier molecular flexibility index (Phi) is 3.39. The second-order valence-corrected chi connectivity index (χ2v) is 1.89. The molecule has 0 saturated heterocycles. The van der Waals surface area contributed by atoms with E-state index in [0.717, 1.165) is 0 Å². The summed E-state index contributed by atoms with van der Waals surface area (Å²) in [6, 6.07) is 0. The van der Waals surface area contributed by atoms with Gasteiger partial charge in [-0.2, -0.15) is 0 Å². The molecule has 3 heteroatoms. The molecule has 0 rings (SSSR count). The summed E-state index contributed by atoms with van der Waals surface area (Å²) in [5, 5.41) is 8.92. The molecular formula is C7H10O3. The predicted molar refractivity (Wildman–Crippen MR) is 36.7 cm³/mol. The van der Waals surface area contributed by atoms with Crippen molar-refractivity contribution in [2.45, 2.75) is 20.3 Å². The highest BCUT2D eigenvalue weighted by molar-refractivity contribution is 6.10. The van der Waals surface area contributed by atoms with E-state index in [1.54, 1.807) is 6.92 Å². The van der Waals surface area contributed by atoms with E-state index in [1.807, 2.05) is 0 Å². The van der Waals surface area contributed by atoms with Gasteiger partial charge in [0.2, 0.25) is 0 Å². The predicted octanol–water partition coefficient (Wildman–Crippen LogP) is 0.996. The lowest BCUT2D eigenvalue weighted by atomic mass is 10.1. The average molecular weight is 142 g/mol. The molecule has 0 atom stereocenters. The molecule has 0 aliphatic carbocycles. The van der Waals surface area contributed by atoms with Crippen molar-refractivity contribution in [2.75, 3.05) is 0 Å². The third-order valence-corrected chi connectivity index (χ3v) is 1.14. The largest absolute Gasteiger partial charge is 0.511 e. The maximum absolute atomic E-state index is 10.5. The van der Waals surface area contributed by atoms with Crippen LogP contribution in [0.4, 0.5) is 0 Å². The van der Waals surface area contributed by atoms with Crippen LogP contribution in [-0.2, 0) is 9.59 Å². The Morgan fingerprint density at radius 2 is 2.10 bits per heavy atom. The summed E-state index contributed by atoms with van der Waals surface area (Å²) < 4.78 is 0. The number of ketones is 1. The van der Waals surface area contributed by atoms with Crippen molar-refractivity contribution in [1.82, 2.24) is 0 Å². The molecule has 10 heavy (non-hydrogen) atoms. The second-order valence-electron chi connectivity index (χ2n) is 1.89. The molecule has 0 spiro atoms. The third kappa shape index (κ3) is 2.01. The molecule has 0 bridgehead atoms. The molecule has 3 nitrogen and oxygen atoms in total. The zero-order chi connectivity index (χ0) is 8.15. The summed E-state index contributed by atoms with van der Waals surface area (Å²) in [5.41, 5.74) is -0.123. The van der Waals surface area contributed by atoms with E-state index in [0.29, 0.717) is 12.7 Å². The smallest absolute Gasteiger partial charge is 0.166 e. The molecule has 0 heterocycles. The van der Waals surface area contributed by atoms with Gasteiger partial charge in [-0.25, -0.2) is 0 Å². The number of allylic oxidation sites excluding steroid dienone is 2. The number of Topliss-reactive ketones (excluding diaryl/α,β-unsaturated/α-hetero) is 1. The van der Waals surface area contributed by atoms with E-state index >= 15 is 0 Å². The van der Waals surface area contributed by atoms with Gasteiger partial charge in [-0.05, 0) is 6.92 Å². The summed E-state index contributed by atoms with van der Waals surface area (Å²) in [5.74, 6) is -0.531. The first-order valence-electron chi connectivity index (χ1n) is 3.01. The van der Waals surface area contributed by atoms with Crippen LogP contribution >= 0.6 is 0 Å². The molecule has 0 saturated carbocycles. The van der Waals surface area contributed by atoms with Gasteiger partial charge in [-0.1, -0.05) is 6.92 Å². The fraction of sp³-hybridized carbons (Fsp3) is 0.429. The quantitative estimate of drug-likeness (QED) is 0.210. The minimum atomic E-state index is -0.394. The third-order valence-electron chi connectivity index (χ3n) is 1.14. The molecule has 0 aromatic carbocycles. The molecule has 56 valence electrons. The molecule has 0 unspecified atom stereocenters. The number of hydrogen-bond donors (Lipinski definition) is 1. The summed E-state index contributed by atoms with van der Waals surface area (Å²) in [4.78, 5) is 20.6. The zero-order valence-corrected chi connectivity index (χ0v) is 6.05. The van der Waals surface area contributed by atoms with E-state index in [9.17, 15) is 9.59 Å². The van der Waals surface area contributed by atoms with Gasteiger partial charge in [0.15, 0.2) is 12.1 Å². The van der Waals surface area contributed by atoms with Gasteiger partial charge in [-0.3, -0.25) is 9.59 Å². The van der Waals surface area contributed by atoms with Crippen molar-refractivity contribution in [3.05, 3.63) is 11.3 Å². The van der Waals surface area contributed by atoms with Crippen molar-refractivity contribution >= 4 is 12.1 Å². The number of carbonyl (C=O) groups excluding carboxylic acids is 2. The zero-order valence-electron chi connectivity index (χ0n) is 6.05. The number of aldehydes is 1. The van der Waals surface area contributed by atoms with E-state index < -0.39 is 5.78 Å². The summed E-state index contributed by atoms with van der Waals surface area (Å²) in [7, 11) is 0. The Balaban J connectivity index is 4.62. The van der Waals surface area contributed by atoms with Gasteiger partial charge in [-0.15, -0.1) is 0 Å². The fourth-order valence-corrected chi connectivity index (χ4v) is 0.545. The van der Waals surface area contributed by atoms with Crippen LogP contribution in [0.5, 0.6) is 0 Å². The molecule has 0 radical (unpaired) electrons. The maximum atomic E-state index is 10.5. The monoisotopic (exact) mass is 142 g/mol. The Bertz CT molecular complexity index is 179. The first kappa shape index (κ1) is 8.88. The highest BCUT2D eigenvalue weighted by Gasteiger charge is 2.06. The van der Waals surface area contributed by atoms with Gasteiger partial charge in [0.05, 0.1) is 5.57 Å². The van der Waals surface area contributed by atoms with Gasteiger partial charge < -0.3 is 5.11 Å². The van der Waals surface area contributed by atoms with Crippen molar-refractivity contribution in [3.63, 3.8) is 0 Å². The van der Waals surface area contributed by atoms with Crippen LogP contribution in [0.1, 0.15) is 20.3 Å². The molecule has 0 aromatic heterocycles. The van der Waals surface area contributed by atoms with Crippen LogP contribution in [0.3, 0.4) is 0 Å². The molecule has 0 aliphatic rings. The molecule has 0 aliphatic heterocycles. The minimum Gasteiger partial charge on any atom is -0.511 e. The average Bonchev–Trinajstić information content (AvgIpc) is 1.88. The van der Waals surface area contributed by atoms with Gasteiger partial charge in [0.25, 0.3) is 0 Å². The van der Waals surface area contributed by atoms with Crippen LogP contribution in [0.15, 0.2) is 11.3 Å². The number of hydrogen-bond acceptors (Lipinski definition) is 3. The minimum absolute atomic E-state index is 0.123. The first-order chi connectivity index (χ1) is 4.63. The normalized spacial score (nSPS) is 12.2. The topological polar surface area (TPSA) is 54.4 Å². The molecule has 0 fully saturated rings. The van der Waals surface area contributed by atoms with Crippen molar-refractivity contribution < 1.29 is 14.7 Å². The Morgan fingerprint density at radius 1 is 1.60 bits per heavy atom. The molecule has 0 aromatic rings. The maximum Gasteiger partial charge on any atom is 0.166 e.